The number of amides is 2. The Kier molecular flexibility index (Phi) is 8.77. The van der Waals surface area contributed by atoms with E-state index in [1.165, 1.54) is 23.5 Å². The van der Waals surface area contributed by atoms with Crippen molar-refractivity contribution in [3.63, 3.8) is 0 Å². The lowest BCUT2D eigenvalue weighted by molar-refractivity contribution is 0.0734. The van der Waals surface area contributed by atoms with Crippen LogP contribution in [0.15, 0.2) is 48.0 Å². The Hall–Kier alpha value is -3.00. The average Bonchev–Trinajstić information content (AvgIpc) is 3.43. The fraction of sp³-hybridized carbons (Fsp3) is 0.400. The van der Waals surface area contributed by atoms with Crippen molar-refractivity contribution >= 4 is 23.2 Å². The van der Waals surface area contributed by atoms with E-state index in [0.29, 0.717) is 37.8 Å². The minimum atomic E-state index is -0.513. The Morgan fingerprint density at radius 1 is 1.21 bits per heavy atom. The summed E-state index contributed by atoms with van der Waals surface area (Å²) < 4.78 is 16.2. The summed E-state index contributed by atoms with van der Waals surface area (Å²) >= 11 is 1.44. The fourth-order valence-electron chi connectivity index (χ4n) is 3.47. The lowest BCUT2D eigenvalue weighted by atomic mass is 10.1. The smallest absolute Gasteiger partial charge is 0.270 e. The van der Waals surface area contributed by atoms with Crippen LogP contribution in [0.3, 0.4) is 0 Å². The zero-order valence-corrected chi connectivity index (χ0v) is 20.2. The molecule has 0 aliphatic heterocycles. The van der Waals surface area contributed by atoms with Crippen LogP contribution in [0.2, 0.25) is 0 Å². The van der Waals surface area contributed by atoms with Crippen LogP contribution in [0, 0.1) is 11.7 Å². The molecule has 0 fully saturated rings. The summed E-state index contributed by atoms with van der Waals surface area (Å²) in [5, 5.41) is 5.49. The molecule has 0 radical (unpaired) electrons. The van der Waals surface area contributed by atoms with Gasteiger partial charge >= 0.3 is 0 Å². The van der Waals surface area contributed by atoms with Gasteiger partial charge in [-0.05, 0) is 43.0 Å². The zero-order chi connectivity index (χ0) is 23.8. The average molecular weight is 471 g/mol. The Balaban J connectivity index is 1.68. The molecule has 33 heavy (non-hydrogen) atoms. The van der Waals surface area contributed by atoms with Gasteiger partial charge in [0.15, 0.2) is 0 Å². The topological polar surface area (TPSA) is 67.2 Å². The van der Waals surface area contributed by atoms with Crippen LogP contribution in [0.25, 0.3) is 0 Å². The summed E-state index contributed by atoms with van der Waals surface area (Å²) in [6, 6.07) is 9.93. The Morgan fingerprint density at radius 2 is 2.00 bits per heavy atom. The molecular weight excluding hydrogens is 439 g/mol. The number of carbonyl (C=O) groups is 2. The second-order valence-electron chi connectivity index (χ2n) is 8.40. The predicted octanol–water partition coefficient (Wildman–Crippen LogP) is 4.96. The SMILES string of the molecule is CCCN(Cc1cccn1Cc1nc(C(=O)NCCC(C)C)cs1)C(=O)c1ccccc1F. The number of benzene rings is 1. The van der Waals surface area contributed by atoms with E-state index >= 15 is 0 Å². The van der Waals surface area contributed by atoms with Crippen molar-refractivity contribution in [3.05, 3.63) is 75.8 Å². The molecule has 1 aromatic carbocycles. The number of aromatic nitrogens is 2. The van der Waals surface area contributed by atoms with Crippen LogP contribution >= 0.6 is 11.3 Å². The highest BCUT2D eigenvalue weighted by Gasteiger charge is 2.20. The van der Waals surface area contributed by atoms with Gasteiger partial charge in [-0.15, -0.1) is 11.3 Å². The molecule has 8 heteroatoms. The van der Waals surface area contributed by atoms with E-state index in [9.17, 15) is 14.0 Å². The van der Waals surface area contributed by atoms with Crippen LogP contribution in [0.5, 0.6) is 0 Å². The summed E-state index contributed by atoms with van der Waals surface area (Å²) in [5.41, 5.74) is 1.43. The fourth-order valence-corrected chi connectivity index (χ4v) is 4.24. The highest BCUT2D eigenvalue weighted by atomic mass is 32.1. The van der Waals surface area contributed by atoms with E-state index in [2.05, 4.69) is 24.1 Å². The van der Waals surface area contributed by atoms with Gasteiger partial charge in [0.1, 0.15) is 16.5 Å². The Morgan fingerprint density at radius 3 is 2.73 bits per heavy atom. The van der Waals surface area contributed by atoms with Crippen molar-refractivity contribution < 1.29 is 14.0 Å². The quantitative estimate of drug-likeness (QED) is 0.431. The lowest BCUT2D eigenvalue weighted by Crippen LogP contribution is -2.32. The third-order valence-corrected chi connectivity index (χ3v) is 6.09. The largest absolute Gasteiger partial charge is 0.351 e. The van der Waals surface area contributed by atoms with Crippen molar-refractivity contribution in [1.82, 2.24) is 19.8 Å². The zero-order valence-electron chi connectivity index (χ0n) is 19.4. The van der Waals surface area contributed by atoms with Crippen molar-refractivity contribution in [2.24, 2.45) is 5.92 Å². The summed E-state index contributed by atoms with van der Waals surface area (Å²) in [4.78, 5) is 31.5. The summed E-state index contributed by atoms with van der Waals surface area (Å²) in [6.45, 7) is 8.25. The number of hydrogen-bond donors (Lipinski definition) is 1. The molecular formula is C25H31FN4O2S. The number of rotatable bonds is 11. The van der Waals surface area contributed by atoms with Gasteiger partial charge in [-0.2, -0.15) is 0 Å². The minimum absolute atomic E-state index is 0.0806. The second kappa shape index (κ2) is 11.7. The number of nitrogens with one attached hydrogen (secondary N) is 1. The summed E-state index contributed by atoms with van der Waals surface area (Å²) in [7, 11) is 0. The first-order valence-electron chi connectivity index (χ1n) is 11.3. The van der Waals surface area contributed by atoms with Gasteiger partial charge in [0.2, 0.25) is 0 Å². The molecule has 0 spiro atoms. The van der Waals surface area contributed by atoms with Gasteiger partial charge in [0.25, 0.3) is 11.8 Å². The molecule has 1 N–H and O–H groups in total. The molecule has 0 unspecified atom stereocenters. The van der Waals surface area contributed by atoms with E-state index in [1.807, 2.05) is 29.8 Å². The third-order valence-electron chi connectivity index (χ3n) is 5.26. The molecule has 2 aromatic heterocycles. The highest BCUT2D eigenvalue weighted by Crippen LogP contribution is 2.17. The Labute approximate surface area is 198 Å². The molecule has 2 heterocycles. The highest BCUT2D eigenvalue weighted by molar-refractivity contribution is 7.09. The number of hydrogen-bond acceptors (Lipinski definition) is 4. The molecule has 176 valence electrons. The maximum Gasteiger partial charge on any atom is 0.270 e. The first-order chi connectivity index (χ1) is 15.9. The lowest BCUT2D eigenvalue weighted by Gasteiger charge is -2.23. The maximum absolute atomic E-state index is 14.2. The van der Waals surface area contributed by atoms with Gasteiger partial charge in [-0.3, -0.25) is 9.59 Å². The molecule has 0 saturated carbocycles. The van der Waals surface area contributed by atoms with Crippen LogP contribution in [-0.4, -0.2) is 39.4 Å². The van der Waals surface area contributed by atoms with E-state index in [-0.39, 0.29) is 17.4 Å². The Bertz CT molecular complexity index is 1080. The van der Waals surface area contributed by atoms with Crippen molar-refractivity contribution in [2.45, 2.75) is 46.7 Å². The van der Waals surface area contributed by atoms with Gasteiger partial charge in [-0.1, -0.05) is 32.9 Å². The molecule has 0 bridgehead atoms. The normalized spacial score (nSPS) is 11.1. The van der Waals surface area contributed by atoms with Gasteiger partial charge in [-0.25, -0.2) is 9.37 Å². The standard InChI is InChI=1S/C25H31FN4O2S/c1-4-13-30(25(32)20-9-5-6-10-21(20)26)15-19-8-7-14-29(19)16-23-28-22(17-33-23)24(31)27-12-11-18(2)3/h5-10,14,17-18H,4,11-13,15-16H2,1-3H3,(H,27,31). The molecule has 2 amide bonds. The summed E-state index contributed by atoms with van der Waals surface area (Å²) in [5.74, 6) is -0.463. The minimum Gasteiger partial charge on any atom is -0.351 e. The molecule has 3 aromatic rings. The van der Waals surface area contributed by atoms with Crippen molar-refractivity contribution in [2.75, 3.05) is 13.1 Å². The van der Waals surface area contributed by atoms with Gasteiger partial charge in [0.05, 0.1) is 18.7 Å². The van der Waals surface area contributed by atoms with E-state index in [0.717, 1.165) is 23.5 Å². The van der Waals surface area contributed by atoms with Crippen LogP contribution in [0.1, 0.15) is 65.2 Å². The number of nitrogens with zero attached hydrogens (tertiary/aromatic N) is 3. The second-order valence-corrected chi connectivity index (χ2v) is 9.34. The maximum atomic E-state index is 14.2. The van der Waals surface area contributed by atoms with E-state index < -0.39 is 5.82 Å². The predicted molar refractivity (Wildman–Crippen MR) is 129 cm³/mol. The molecule has 3 rings (SSSR count). The number of halogens is 1. The van der Waals surface area contributed by atoms with Crippen molar-refractivity contribution in [3.8, 4) is 0 Å². The van der Waals surface area contributed by atoms with Gasteiger partial charge in [0, 0.05) is 30.4 Å². The van der Waals surface area contributed by atoms with E-state index in [4.69, 9.17) is 0 Å². The van der Waals surface area contributed by atoms with Crippen LogP contribution in [-0.2, 0) is 13.1 Å². The molecule has 6 nitrogen and oxygen atoms in total. The molecule has 0 aliphatic rings. The van der Waals surface area contributed by atoms with Gasteiger partial charge < -0.3 is 14.8 Å². The molecule has 0 aliphatic carbocycles. The first-order valence-corrected chi connectivity index (χ1v) is 12.2. The van der Waals surface area contributed by atoms with Crippen molar-refractivity contribution in [1.29, 1.82) is 0 Å². The first kappa shape index (κ1) is 24.6. The van der Waals surface area contributed by atoms with Crippen LogP contribution < -0.4 is 5.32 Å². The number of carbonyl (C=O) groups excluding carboxylic acids is 2. The number of thiazole rings is 1. The van der Waals surface area contributed by atoms with Crippen LogP contribution in [0.4, 0.5) is 4.39 Å². The summed E-state index contributed by atoms with van der Waals surface area (Å²) in [6.07, 6.45) is 3.62. The van der Waals surface area contributed by atoms with E-state index in [1.54, 1.807) is 22.4 Å². The monoisotopic (exact) mass is 470 g/mol. The molecule has 0 atom stereocenters. The molecule has 0 saturated heterocycles. The third kappa shape index (κ3) is 6.74.